The summed E-state index contributed by atoms with van der Waals surface area (Å²) in [5, 5.41) is 5.54. The SMILES string of the molecule is Cc1ccc(Cn2nc(C)c3cc(C(=O)OCC(=O)N4CCOCC4)sc32)cc1. The third-order valence-corrected chi connectivity index (χ3v) is 6.08. The number of carbonyl (C=O) groups excluding carboxylic acids is 2. The van der Waals surface area contributed by atoms with Crippen molar-refractivity contribution in [3.05, 3.63) is 52.0 Å². The Morgan fingerprint density at radius 1 is 1.17 bits per heavy atom. The number of carbonyl (C=O) groups is 2. The number of thiophene rings is 1. The summed E-state index contributed by atoms with van der Waals surface area (Å²) in [6, 6.07) is 10.1. The van der Waals surface area contributed by atoms with Crippen molar-refractivity contribution in [2.45, 2.75) is 20.4 Å². The van der Waals surface area contributed by atoms with Crippen LogP contribution >= 0.6 is 11.3 Å². The van der Waals surface area contributed by atoms with Gasteiger partial charge in [-0.3, -0.25) is 9.48 Å². The Morgan fingerprint density at radius 2 is 1.90 bits per heavy atom. The van der Waals surface area contributed by atoms with Crippen molar-refractivity contribution in [3.8, 4) is 0 Å². The van der Waals surface area contributed by atoms with Gasteiger partial charge in [0, 0.05) is 18.5 Å². The van der Waals surface area contributed by atoms with Crippen molar-refractivity contribution in [1.29, 1.82) is 0 Å². The zero-order valence-corrected chi connectivity index (χ0v) is 17.3. The summed E-state index contributed by atoms with van der Waals surface area (Å²) in [4.78, 5) is 27.7. The van der Waals surface area contributed by atoms with E-state index in [1.54, 1.807) is 11.0 Å². The predicted octanol–water partition coefficient (Wildman–Crippen LogP) is 2.78. The van der Waals surface area contributed by atoms with Crippen molar-refractivity contribution in [1.82, 2.24) is 14.7 Å². The van der Waals surface area contributed by atoms with Gasteiger partial charge >= 0.3 is 5.97 Å². The van der Waals surface area contributed by atoms with E-state index in [2.05, 4.69) is 36.3 Å². The van der Waals surface area contributed by atoms with Crippen LogP contribution in [0.5, 0.6) is 0 Å². The fourth-order valence-electron chi connectivity index (χ4n) is 3.29. The Labute approximate surface area is 172 Å². The van der Waals surface area contributed by atoms with Crippen molar-refractivity contribution in [3.63, 3.8) is 0 Å². The number of hydrogen-bond acceptors (Lipinski definition) is 6. The molecule has 0 saturated carbocycles. The highest BCUT2D eigenvalue weighted by Crippen LogP contribution is 2.29. The number of aryl methyl sites for hydroxylation is 2. The molecule has 0 bridgehead atoms. The van der Waals surface area contributed by atoms with Gasteiger partial charge in [0.05, 0.1) is 25.5 Å². The molecular formula is C21H23N3O4S. The van der Waals surface area contributed by atoms with Crippen molar-refractivity contribution in [2.24, 2.45) is 0 Å². The number of hydrogen-bond donors (Lipinski definition) is 0. The van der Waals surface area contributed by atoms with Gasteiger partial charge in [0.2, 0.25) is 0 Å². The van der Waals surface area contributed by atoms with Crippen LogP contribution in [-0.2, 0) is 20.8 Å². The zero-order chi connectivity index (χ0) is 20.4. The predicted molar refractivity (Wildman–Crippen MR) is 110 cm³/mol. The van der Waals surface area contributed by atoms with E-state index in [-0.39, 0.29) is 12.5 Å². The molecule has 1 aromatic carbocycles. The third kappa shape index (κ3) is 4.33. The minimum absolute atomic E-state index is 0.190. The first-order valence-corrected chi connectivity index (χ1v) is 10.4. The molecule has 7 nitrogen and oxygen atoms in total. The highest BCUT2D eigenvalue weighted by Gasteiger charge is 2.21. The molecule has 0 N–H and O–H groups in total. The first-order valence-electron chi connectivity index (χ1n) is 9.56. The van der Waals surface area contributed by atoms with E-state index in [0.717, 1.165) is 21.5 Å². The summed E-state index contributed by atoms with van der Waals surface area (Å²) in [7, 11) is 0. The molecule has 1 aliphatic heterocycles. The number of fused-ring (bicyclic) bond motifs is 1. The lowest BCUT2D eigenvalue weighted by Crippen LogP contribution is -2.42. The van der Waals surface area contributed by atoms with Crippen LogP contribution in [0.15, 0.2) is 30.3 Å². The van der Waals surface area contributed by atoms with E-state index in [9.17, 15) is 9.59 Å². The number of morpholine rings is 1. The fraction of sp³-hybridized carbons (Fsp3) is 0.381. The van der Waals surface area contributed by atoms with E-state index in [4.69, 9.17) is 9.47 Å². The molecule has 1 aliphatic rings. The second-order valence-electron chi connectivity index (χ2n) is 7.13. The quantitative estimate of drug-likeness (QED) is 0.602. The molecule has 29 heavy (non-hydrogen) atoms. The highest BCUT2D eigenvalue weighted by atomic mass is 32.1. The molecular weight excluding hydrogens is 390 g/mol. The maximum absolute atomic E-state index is 12.5. The van der Waals surface area contributed by atoms with E-state index >= 15 is 0 Å². The van der Waals surface area contributed by atoms with Gasteiger partial charge in [0.15, 0.2) is 6.61 Å². The lowest BCUT2D eigenvalue weighted by Gasteiger charge is -2.26. The maximum Gasteiger partial charge on any atom is 0.348 e. The standard InChI is InChI=1S/C21H23N3O4S/c1-14-3-5-16(6-4-14)12-24-20-17(15(2)22-24)11-18(29-20)21(26)28-13-19(25)23-7-9-27-10-8-23/h3-6,11H,7-10,12-13H2,1-2H3. The largest absolute Gasteiger partial charge is 0.451 e. The highest BCUT2D eigenvalue weighted by molar-refractivity contribution is 7.20. The Hall–Kier alpha value is -2.71. The van der Waals surface area contributed by atoms with Gasteiger partial charge in [-0.15, -0.1) is 11.3 Å². The summed E-state index contributed by atoms with van der Waals surface area (Å²) in [5.41, 5.74) is 3.23. The van der Waals surface area contributed by atoms with E-state index < -0.39 is 5.97 Å². The van der Waals surface area contributed by atoms with Crippen LogP contribution in [0.1, 0.15) is 26.5 Å². The van der Waals surface area contributed by atoms with Gasteiger partial charge in [-0.05, 0) is 25.5 Å². The number of aromatic nitrogens is 2. The van der Waals surface area contributed by atoms with Crippen molar-refractivity contribution in [2.75, 3.05) is 32.9 Å². The van der Waals surface area contributed by atoms with Crippen LogP contribution in [0.25, 0.3) is 10.2 Å². The number of rotatable bonds is 5. The van der Waals surface area contributed by atoms with E-state index in [1.807, 2.05) is 11.6 Å². The first kappa shape index (κ1) is 19.6. The van der Waals surface area contributed by atoms with Crippen LogP contribution in [0.3, 0.4) is 0 Å². The van der Waals surface area contributed by atoms with Crippen LogP contribution < -0.4 is 0 Å². The number of nitrogens with zero attached hydrogens (tertiary/aromatic N) is 3. The lowest BCUT2D eigenvalue weighted by molar-refractivity contribution is -0.138. The minimum atomic E-state index is -0.478. The Morgan fingerprint density at radius 3 is 2.62 bits per heavy atom. The normalized spacial score (nSPS) is 14.3. The number of benzene rings is 1. The molecule has 152 valence electrons. The number of esters is 1. The molecule has 1 amide bonds. The average molecular weight is 413 g/mol. The van der Waals surface area contributed by atoms with Crippen LogP contribution in [0, 0.1) is 13.8 Å². The summed E-state index contributed by atoms with van der Waals surface area (Å²) in [6.45, 7) is 6.48. The van der Waals surface area contributed by atoms with Crippen LogP contribution in [0.2, 0.25) is 0 Å². The van der Waals surface area contributed by atoms with Gasteiger partial charge < -0.3 is 14.4 Å². The first-order chi connectivity index (χ1) is 14.0. The van der Waals surface area contributed by atoms with Gasteiger partial charge in [-0.1, -0.05) is 29.8 Å². The Kier molecular flexibility index (Phi) is 5.64. The van der Waals surface area contributed by atoms with Gasteiger partial charge in [-0.2, -0.15) is 5.10 Å². The van der Waals surface area contributed by atoms with E-state index in [0.29, 0.717) is 37.7 Å². The second-order valence-corrected chi connectivity index (χ2v) is 8.16. The Bertz CT molecular complexity index is 1030. The van der Waals surface area contributed by atoms with Gasteiger partial charge in [0.25, 0.3) is 5.91 Å². The monoisotopic (exact) mass is 413 g/mol. The fourth-order valence-corrected chi connectivity index (χ4v) is 4.34. The summed E-state index contributed by atoms with van der Waals surface area (Å²) < 4.78 is 12.4. The maximum atomic E-state index is 12.5. The molecule has 3 heterocycles. The van der Waals surface area contributed by atoms with Crippen molar-refractivity contribution < 1.29 is 19.1 Å². The van der Waals surface area contributed by atoms with E-state index in [1.165, 1.54) is 16.9 Å². The summed E-state index contributed by atoms with van der Waals surface area (Å²) >= 11 is 1.34. The number of amides is 1. The van der Waals surface area contributed by atoms with Crippen LogP contribution in [-0.4, -0.2) is 59.5 Å². The molecule has 0 unspecified atom stereocenters. The number of ether oxygens (including phenoxy) is 2. The molecule has 3 aromatic rings. The lowest BCUT2D eigenvalue weighted by atomic mass is 10.1. The molecule has 0 aliphatic carbocycles. The van der Waals surface area contributed by atoms with Gasteiger partial charge in [-0.25, -0.2) is 4.79 Å². The molecule has 4 rings (SSSR count). The second kappa shape index (κ2) is 8.34. The Balaban J connectivity index is 1.46. The molecule has 0 atom stereocenters. The smallest absolute Gasteiger partial charge is 0.348 e. The molecule has 2 aromatic heterocycles. The zero-order valence-electron chi connectivity index (χ0n) is 16.5. The summed E-state index contributed by atoms with van der Waals surface area (Å²) in [6.07, 6.45) is 0. The van der Waals surface area contributed by atoms with Crippen molar-refractivity contribution >= 4 is 33.4 Å². The van der Waals surface area contributed by atoms with Crippen LogP contribution in [0.4, 0.5) is 0 Å². The summed E-state index contributed by atoms with van der Waals surface area (Å²) in [5.74, 6) is -0.668. The molecule has 1 saturated heterocycles. The molecule has 0 radical (unpaired) electrons. The molecule has 1 fully saturated rings. The minimum Gasteiger partial charge on any atom is -0.451 e. The topological polar surface area (TPSA) is 73.7 Å². The molecule has 8 heteroatoms. The third-order valence-electron chi connectivity index (χ3n) is 4.95. The average Bonchev–Trinajstić information content (AvgIpc) is 3.30. The van der Waals surface area contributed by atoms with Gasteiger partial charge in [0.1, 0.15) is 9.71 Å². The molecule has 0 spiro atoms.